The van der Waals surface area contributed by atoms with Gasteiger partial charge < -0.3 is 5.32 Å². The third kappa shape index (κ3) is 5.96. The second-order valence-electron chi connectivity index (χ2n) is 7.01. The highest BCUT2D eigenvalue weighted by molar-refractivity contribution is 5.73. The Balaban J connectivity index is 3.24. The molecule has 2 unspecified atom stereocenters. The number of benzene rings is 1. The first-order chi connectivity index (χ1) is 11.6. The molecule has 1 N–H and O–H groups in total. The van der Waals surface area contributed by atoms with Crippen LogP contribution in [-0.2, 0) is 4.79 Å². The van der Waals surface area contributed by atoms with Gasteiger partial charge in [-0.25, -0.2) is 0 Å². The second-order valence-corrected chi connectivity index (χ2v) is 7.01. The summed E-state index contributed by atoms with van der Waals surface area (Å²) in [7, 11) is 0. The molecule has 1 rings (SSSR count). The second kappa shape index (κ2) is 11.3. The van der Waals surface area contributed by atoms with Crippen LogP contribution in [0, 0.1) is 5.92 Å². The van der Waals surface area contributed by atoms with Crippen molar-refractivity contribution in [2.24, 2.45) is 5.92 Å². The van der Waals surface area contributed by atoms with Gasteiger partial charge in [0.25, 0.3) is 0 Å². The molecule has 24 heavy (non-hydrogen) atoms. The van der Waals surface area contributed by atoms with Gasteiger partial charge in [0, 0.05) is 6.92 Å². The highest BCUT2D eigenvalue weighted by Crippen LogP contribution is 2.36. The van der Waals surface area contributed by atoms with E-state index in [1.807, 2.05) is 0 Å². The quantitative estimate of drug-likeness (QED) is 0.501. The van der Waals surface area contributed by atoms with E-state index in [-0.39, 0.29) is 11.9 Å². The van der Waals surface area contributed by atoms with Crippen molar-refractivity contribution in [3.8, 4) is 0 Å². The SMILES string of the molecule is CCCCC(CCC)c1ccccc1C(NC(C)=O)C(CC)CC. The van der Waals surface area contributed by atoms with Gasteiger partial charge in [-0.3, -0.25) is 4.79 Å². The van der Waals surface area contributed by atoms with Gasteiger partial charge in [0.15, 0.2) is 0 Å². The third-order valence-electron chi connectivity index (χ3n) is 5.19. The van der Waals surface area contributed by atoms with E-state index < -0.39 is 0 Å². The molecule has 0 saturated heterocycles. The van der Waals surface area contributed by atoms with Crippen molar-refractivity contribution >= 4 is 5.91 Å². The van der Waals surface area contributed by atoms with Gasteiger partial charge in [-0.05, 0) is 35.8 Å². The summed E-state index contributed by atoms with van der Waals surface area (Å²) in [6, 6.07) is 8.95. The number of unbranched alkanes of at least 4 members (excludes halogenated alkanes) is 1. The number of hydrogen-bond donors (Lipinski definition) is 1. The molecule has 0 radical (unpaired) electrons. The van der Waals surface area contributed by atoms with Crippen molar-refractivity contribution in [3.05, 3.63) is 35.4 Å². The summed E-state index contributed by atoms with van der Waals surface area (Å²) in [6.07, 6.45) is 8.37. The van der Waals surface area contributed by atoms with Gasteiger partial charge in [-0.15, -0.1) is 0 Å². The first-order valence-corrected chi connectivity index (χ1v) is 9.94. The van der Waals surface area contributed by atoms with Gasteiger partial charge in [-0.1, -0.05) is 84.1 Å². The Morgan fingerprint density at radius 3 is 2.08 bits per heavy atom. The van der Waals surface area contributed by atoms with Crippen molar-refractivity contribution in [2.75, 3.05) is 0 Å². The summed E-state index contributed by atoms with van der Waals surface area (Å²) >= 11 is 0. The number of carbonyl (C=O) groups excluding carboxylic acids is 1. The highest BCUT2D eigenvalue weighted by Gasteiger charge is 2.25. The minimum Gasteiger partial charge on any atom is -0.349 e. The fourth-order valence-electron chi connectivity index (χ4n) is 3.85. The van der Waals surface area contributed by atoms with Crippen molar-refractivity contribution in [1.29, 1.82) is 0 Å². The zero-order valence-electron chi connectivity index (χ0n) is 16.4. The van der Waals surface area contributed by atoms with E-state index in [9.17, 15) is 4.79 Å². The van der Waals surface area contributed by atoms with Crippen molar-refractivity contribution in [2.45, 2.75) is 91.5 Å². The summed E-state index contributed by atoms with van der Waals surface area (Å²) in [4.78, 5) is 11.8. The molecule has 1 aromatic rings. The first-order valence-electron chi connectivity index (χ1n) is 9.94. The number of nitrogens with one attached hydrogen (secondary N) is 1. The Morgan fingerprint density at radius 2 is 1.58 bits per heavy atom. The molecular weight excluding hydrogens is 294 g/mol. The van der Waals surface area contributed by atoms with Crippen LogP contribution in [0.1, 0.15) is 103 Å². The van der Waals surface area contributed by atoms with Gasteiger partial charge in [-0.2, -0.15) is 0 Å². The maximum Gasteiger partial charge on any atom is 0.217 e. The molecule has 0 aromatic heterocycles. The van der Waals surface area contributed by atoms with Gasteiger partial charge in [0.2, 0.25) is 5.91 Å². The van der Waals surface area contributed by atoms with Crippen LogP contribution in [0.2, 0.25) is 0 Å². The Morgan fingerprint density at radius 1 is 0.958 bits per heavy atom. The maximum atomic E-state index is 11.8. The summed E-state index contributed by atoms with van der Waals surface area (Å²) < 4.78 is 0. The zero-order chi connectivity index (χ0) is 17.9. The minimum absolute atomic E-state index is 0.0716. The molecule has 0 bridgehead atoms. The van der Waals surface area contributed by atoms with Crippen LogP contribution < -0.4 is 5.32 Å². The zero-order valence-corrected chi connectivity index (χ0v) is 16.4. The summed E-state index contributed by atoms with van der Waals surface area (Å²) in [5.74, 6) is 1.17. The van der Waals surface area contributed by atoms with Crippen molar-refractivity contribution in [3.63, 3.8) is 0 Å². The lowest BCUT2D eigenvalue weighted by atomic mass is 9.80. The molecule has 0 fully saturated rings. The predicted molar refractivity (Wildman–Crippen MR) is 104 cm³/mol. The van der Waals surface area contributed by atoms with Crippen LogP contribution in [0.4, 0.5) is 0 Å². The average Bonchev–Trinajstić information content (AvgIpc) is 2.58. The van der Waals surface area contributed by atoms with Crippen LogP contribution in [0.5, 0.6) is 0 Å². The lowest BCUT2D eigenvalue weighted by molar-refractivity contribution is -0.120. The van der Waals surface area contributed by atoms with Crippen molar-refractivity contribution in [1.82, 2.24) is 5.32 Å². The molecular formula is C22H37NO. The van der Waals surface area contributed by atoms with E-state index >= 15 is 0 Å². The van der Waals surface area contributed by atoms with E-state index in [4.69, 9.17) is 0 Å². The predicted octanol–water partition coefficient (Wildman–Crippen LogP) is 6.37. The van der Waals surface area contributed by atoms with Gasteiger partial charge in [0.1, 0.15) is 0 Å². The number of rotatable bonds is 11. The van der Waals surface area contributed by atoms with E-state index in [1.165, 1.54) is 43.2 Å². The van der Waals surface area contributed by atoms with Crippen LogP contribution in [0.3, 0.4) is 0 Å². The topological polar surface area (TPSA) is 29.1 Å². The molecule has 1 aromatic carbocycles. The van der Waals surface area contributed by atoms with Crippen LogP contribution >= 0.6 is 0 Å². The lowest BCUT2D eigenvalue weighted by Crippen LogP contribution is -2.32. The number of carbonyl (C=O) groups is 1. The van der Waals surface area contributed by atoms with Crippen LogP contribution in [0.25, 0.3) is 0 Å². The largest absolute Gasteiger partial charge is 0.349 e. The standard InChI is InChI=1S/C22H37NO/c1-6-10-14-19(13-7-2)20-15-11-12-16-21(20)22(23-17(5)24)18(8-3)9-4/h11-12,15-16,18-19,22H,6-10,13-14H2,1-5H3,(H,23,24). The monoisotopic (exact) mass is 331 g/mol. The van der Waals surface area contributed by atoms with E-state index in [0.29, 0.717) is 11.8 Å². The lowest BCUT2D eigenvalue weighted by Gasteiger charge is -2.30. The Hall–Kier alpha value is -1.31. The normalized spacial score (nSPS) is 13.8. The number of amides is 1. The van der Waals surface area contributed by atoms with Gasteiger partial charge in [0.05, 0.1) is 6.04 Å². The maximum absolute atomic E-state index is 11.8. The molecule has 0 aliphatic carbocycles. The molecule has 136 valence electrons. The molecule has 0 saturated carbocycles. The fourth-order valence-corrected chi connectivity index (χ4v) is 3.85. The molecule has 0 aliphatic heterocycles. The number of hydrogen-bond acceptors (Lipinski definition) is 1. The van der Waals surface area contributed by atoms with E-state index in [1.54, 1.807) is 6.92 Å². The Kier molecular flexibility index (Phi) is 9.75. The summed E-state index contributed by atoms with van der Waals surface area (Å²) in [6.45, 7) is 10.6. The van der Waals surface area contributed by atoms with Crippen LogP contribution in [-0.4, -0.2) is 5.91 Å². The average molecular weight is 332 g/mol. The third-order valence-corrected chi connectivity index (χ3v) is 5.19. The molecule has 2 heteroatoms. The van der Waals surface area contributed by atoms with E-state index in [2.05, 4.69) is 57.3 Å². The molecule has 0 heterocycles. The minimum atomic E-state index is 0.0716. The Labute approximate surface area is 149 Å². The van der Waals surface area contributed by atoms with Crippen LogP contribution in [0.15, 0.2) is 24.3 Å². The molecule has 0 aliphatic rings. The molecule has 0 spiro atoms. The smallest absolute Gasteiger partial charge is 0.217 e. The van der Waals surface area contributed by atoms with Crippen molar-refractivity contribution < 1.29 is 4.79 Å². The van der Waals surface area contributed by atoms with E-state index in [0.717, 1.165) is 12.8 Å². The summed E-state index contributed by atoms with van der Waals surface area (Å²) in [5, 5.41) is 3.25. The highest BCUT2D eigenvalue weighted by atomic mass is 16.1. The van der Waals surface area contributed by atoms with Gasteiger partial charge >= 0.3 is 0 Å². The molecule has 1 amide bonds. The first kappa shape index (κ1) is 20.7. The fraction of sp³-hybridized carbons (Fsp3) is 0.682. The molecule has 2 nitrogen and oxygen atoms in total. The molecule has 2 atom stereocenters. The summed E-state index contributed by atoms with van der Waals surface area (Å²) in [5.41, 5.74) is 2.80. The Bertz CT molecular complexity index is 479.